The van der Waals surface area contributed by atoms with Crippen molar-refractivity contribution in [1.29, 1.82) is 0 Å². The van der Waals surface area contributed by atoms with Gasteiger partial charge >= 0.3 is 0 Å². The highest BCUT2D eigenvalue weighted by Gasteiger charge is 2.14. The van der Waals surface area contributed by atoms with Crippen LogP contribution in [0.2, 0.25) is 0 Å². The fourth-order valence-electron chi connectivity index (χ4n) is 2.41. The second kappa shape index (κ2) is 6.89. The molecular formula is C15H23NO3. The molecule has 1 aromatic carbocycles. The Morgan fingerprint density at radius 3 is 2.74 bits per heavy atom. The van der Waals surface area contributed by atoms with Crippen molar-refractivity contribution in [2.75, 3.05) is 40.0 Å². The van der Waals surface area contributed by atoms with E-state index in [9.17, 15) is 5.11 Å². The van der Waals surface area contributed by atoms with Crippen molar-refractivity contribution in [2.45, 2.75) is 19.4 Å². The van der Waals surface area contributed by atoms with Gasteiger partial charge in [-0.05, 0) is 36.6 Å². The van der Waals surface area contributed by atoms with Gasteiger partial charge in [0.05, 0.1) is 26.4 Å². The number of benzene rings is 1. The summed E-state index contributed by atoms with van der Waals surface area (Å²) in [6, 6.07) is 5.86. The number of nitrogens with zero attached hydrogens (tertiary/aromatic N) is 1. The summed E-state index contributed by atoms with van der Waals surface area (Å²) in [5.74, 6) is 0.865. The lowest BCUT2D eigenvalue weighted by molar-refractivity contribution is 0.0300. The lowest BCUT2D eigenvalue weighted by Gasteiger charge is -2.27. The molecule has 1 heterocycles. The van der Waals surface area contributed by atoms with E-state index in [1.807, 2.05) is 25.1 Å². The molecule has 0 amide bonds. The van der Waals surface area contributed by atoms with Crippen molar-refractivity contribution in [3.8, 4) is 5.75 Å². The number of aliphatic hydroxyl groups is 1. The largest absolute Gasteiger partial charge is 0.496 e. The van der Waals surface area contributed by atoms with Crippen molar-refractivity contribution in [3.63, 3.8) is 0 Å². The number of methoxy groups -OCH3 is 1. The molecule has 0 spiro atoms. The predicted octanol–water partition coefficient (Wildman–Crippen LogP) is 1.76. The highest BCUT2D eigenvalue weighted by atomic mass is 16.5. The Bertz CT molecular complexity index is 402. The lowest BCUT2D eigenvalue weighted by atomic mass is 10.0. The Morgan fingerprint density at radius 2 is 2.11 bits per heavy atom. The summed E-state index contributed by atoms with van der Waals surface area (Å²) in [6.07, 6.45) is 0.346. The van der Waals surface area contributed by atoms with Crippen molar-refractivity contribution in [2.24, 2.45) is 0 Å². The zero-order valence-corrected chi connectivity index (χ0v) is 11.8. The molecule has 0 saturated carbocycles. The molecule has 1 saturated heterocycles. The highest BCUT2D eigenvalue weighted by molar-refractivity contribution is 5.36. The van der Waals surface area contributed by atoms with Crippen molar-refractivity contribution >= 4 is 0 Å². The van der Waals surface area contributed by atoms with Crippen molar-refractivity contribution in [1.82, 2.24) is 4.90 Å². The first kappa shape index (κ1) is 14.3. The normalized spacial score (nSPS) is 18.3. The summed E-state index contributed by atoms with van der Waals surface area (Å²) < 4.78 is 10.5. The Kier molecular flexibility index (Phi) is 5.19. The number of rotatable bonds is 5. The van der Waals surface area contributed by atoms with Crippen LogP contribution in [0.4, 0.5) is 0 Å². The molecule has 1 N–H and O–H groups in total. The Labute approximate surface area is 114 Å². The molecule has 1 atom stereocenters. The minimum Gasteiger partial charge on any atom is -0.496 e. The molecule has 2 rings (SSSR count). The fourth-order valence-corrected chi connectivity index (χ4v) is 2.41. The van der Waals surface area contributed by atoms with Gasteiger partial charge in [0.15, 0.2) is 0 Å². The van der Waals surface area contributed by atoms with Crippen LogP contribution in [-0.2, 0) is 4.74 Å². The Hall–Kier alpha value is -1.10. The zero-order valence-electron chi connectivity index (χ0n) is 11.8. The molecule has 4 heteroatoms. The minimum absolute atomic E-state index is 0.410. The maximum absolute atomic E-state index is 10.2. The van der Waals surface area contributed by atoms with E-state index in [-0.39, 0.29) is 0 Å². The third-order valence-corrected chi connectivity index (χ3v) is 3.63. The van der Waals surface area contributed by atoms with Crippen LogP contribution in [0, 0.1) is 6.92 Å². The van der Waals surface area contributed by atoms with Gasteiger partial charge in [-0.15, -0.1) is 0 Å². The van der Waals surface area contributed by atoms with Crippen LogP contribution in [0.25, 0.3) is 0 Å². The Morgan fingerprint density at radius 1 is 1.37 bits per heavy atom. The summed E-state index contributed by atoms with van der Waals surface area (Å²) >= 11 is 0. The van der Waals surface area contributed by atoms with Crippen LogP contribution in [0.3, 0.4) is 0 Å². The molecule has 4 nitrogen and oxygen atoms in total. The van der Waals surface area contributed by atoms with Gasteiger partial charge in [0.25, 0.3) is 0 Å². The molecule has 1 aliphatic heterocycles. The molecule has 1 aromatic rings. The van der Waals surface area contributed by atoms with Gasteiger partial charge in [0.1, 0.15) is 5.75 Å². The van der Waals surface area contributed by atoms with Gasteiger partial charge in [0.2, 0.25) is 0 Å². The van der Waals surface area contributed by atoms with E-state index < -0.39 is 6.10 Å². The first-order valence-electron chi connectivity index (χ1n) is 6.83. The van der Waals surface area contributed by atoms with Crippen molar-refractivity contribution in [3.05, 3.63) is 29.3 Å². The minimum atomic E-state index is -0.410. The summed E-state index contributed by atoms with van der Waals surface area (Å²) in [6.45, 7) is 6.45. The number of aryl methyl sites for hydroxylation is 1. The zero-order chi connectivity index (χ0) is 13.7. The van der Waals surface area contributed by atoms with Gasteiger partial charge in [-0.25, -0.2) is 0 Å². The average molecular weight is 265 g/mol. The van der Waals surface area contributed by atoms with Crippen LogP contribution >= 0.6 is 0 Å². The van der Waals surface area contributed by atoms with E-state index in [1.54, 1.807) is 7.11 Å². The van der Waals surface area contributed by atoms with E-state index in [0.29, 0.717) is 0 Å². The SMILES string of the molecule is COc1ccc(C(O)CCN2CCOCC2)cc1C. The number of aliphatic hydroxyl groups excluding tert-OH is 1. The summed E-state index contributed by atoms with van der Waals surface area (Å²) in [4.78, 5) is 2.34. The predicted molar refractivity (Wildman–Crippen MR) is 74.6 cm³/mol. The molecule has 1 aliphatic rings. The summed E-state index contributed by atoms with van der Waals surface area (Å²) in [5, 5.41) is 10.2. The molecule has 0 radical (unpaired) electrons. The van der Waals surface area contributed by atoms with Crippen LogP contribution in [0.5, 0.6) is 5.75 Å². The van der Waals surface area contributed by atoms with Crippen LogP contribution in [0.15, 0.2) is 18.2 Å². The highest BCUT2D eigenvalue weighted by Crippen LogP contribution is 2.24. The van der Waals surface area contributed by atoms with E-state index >= 15 is 0 Å². The van der Waals surface area contributed by atoms with Crippen LogP contribution < -0.4 is 4.74 Å². The maximum atomic E-state index is 10.2. The van der Waals surface area contributed by atoms with E-state index in [2.05, 4.69) is 4.90 Å². The quantitative estimate of drug-likeness (QED) is 0.881. The summed E-state index contributed by atoms with van der Waals surface area (Å²) in [5.41, 5.74) is 2.02. The molecule has 19 heavy (non-hydrogen) atoms. The second-order valence-corrected chi connectivity index (χ2v) is 4.99. The van der Waals surface area contributed by atoms with E-state index in [4.69, 9.17) is 9.47 Å². The molecule has 1 unspecified atom stereocenters. The molecule has 106 valence electrons. The first-order chi connectivity index (χ1) is 9.20. The summed E-state index contributed by atoms with van der Waals surface area (Å²) in [7, 11) is 1.66. The van der Waals surface area contributed by atoms with Gasteiger partial charge in [-0.2, -0.15) is 0 Å². The van der Waals surface area contributed by atoms with Gasteiger partial charge in [-0.3, -0.25) is 4.90 Å². The van der Waals surface area contributed by atoms with E-state index in [1.165, 1.54) is 0 Å². The third-order valence-electron chi connectivity index (χ3n) is 3.63. The maximum Gasteiger partial charge on any atom is 0.121 e. The molecule has 1 fully saturated rings. The van der Waals surface area contributed by atoms with E-state index in [0.717, 1.165) is 56.1 Å². The lowest BCUT2D eigenvalue weighted by Crippen LogP contribution is -2.37. The van der Waals surface area contributed by atoms with Gasteiger partial charge in [0, 0.05) is 19.6 Å². The number of hydrogen-bond acceptors (Lipinski definition) is 4. The second-order valence-electron chi connectivity index (χ2n) is 4.99. The molecular weight excluding hydrogens is 242 g/mol. The van der Waals surface area contributed by atoms with Gasteiger partial charge < -0.3 is 14.6 Å². The van der Waals surface area contributed by atoms with Gasteiger partial charge in [-0.1, -0.05) is 6.07 Å². The standard InChI is InChI=1S/C15H23NO3/c1-12-11-13(3-4-15(12)18-2)14(17)5-6-16-7-9-19-10-8-16/h3-4,11,14,17H,5-10H2,1-2H3. The third kappa shape index (κ3) is 3.93. The Balaban J connectivity index is 1.88. The van der Waals surface area contributed by atoms with Crippen LogP contribution in [0.1, 0.15) is 23.7 Å². The topological polar surface area (TPSA) is 41.9 Å². The monoisotopic (exact) mass is 265 g/mol. The average Bonchev–Trinajstić information content (AvgIpc) is 2.45. The smallest absolute Gasteiger partial charge is 0.121 e. The number of ether oxygens (including phenoxy) is 2. The molecule has 0 bridgehead atoms. The number of morpholine rings is 1. The number of hydrogen-bond donors (Lipinski definition) is 1. The van der Waals surface area contributed by atoms with Crippen molar-refractivity contribution < 1.29 is 14.6 Å². The molecule has 0 aromatic heterocycles. The fraction of sp³-hybridized carbons (Fsp3) is 0.600. The molecule has 0 aliphatic carbocycles. The first-order valence-corrected chi connectivity index (χ1v) is 6.83. The van der Waals surface area contributed by atoms with Crippen LogP contribution in [-0.4, -0.2) is 50.0 Å².